The highest BCUT2D eigenvalue weighted by Gasteiger charge is 2.31. The fraction of sp³-hybridized carbons (Fsp3) is 0.200. The number of hydrogen-bond donors (Lipinski definition) is 1. The fourth-order valence-corrected chi connectivity index (χ4v) is 4.25. The molecule has 0 radical (unpaired) electrons. The van der Waals surface area contributed by atoms with Crippen LogP contribution in [0.25, 0.3) is 33.7 Å². The van der Waals surface area contributed by atoms with Crippen molar-refractivity contribution in [3.63, 3.8) is 0 Å². The van der Waals surface area contributed by atoms with Crippen molar-refractivity contribution in [3.8, 4) is 22.8 Å². The van der Waals surface area contributed by atoms with Gasteiger partial charge in [0, 0.05) is 26.6 Å². The summed E-state index contributed by atoms with van der Waals surface area (Å²) in [4.78, 5) is 7.84. The summed E-state index contributed by atoms with van der Waals surface area (Å²) < 4.78 is 44.1. The SMILES string of the molecule is FC(F)(F)c1ccc(-c2nc(-c3ccc4[nH]c5c(c4c3)CCC5)no2)c(Br)c1. The Morgan fingerprint density at radius 1 is 1.07 bits per heavy atom. The van der Waals surface area contributed by atoms with Gasteiger partial charge in [-0.2, -0.15) is 18.2 Å². The number of H-pyrrole nitrogens is 1. The van der Waals surface area contributed by atoms with Crippen molar-refractivity contribution in [2.45, 2.75) is 25.4 Å². The number of rotatable bonds is 2. The second kappa shape index (κ2) is 6.20. The molecule has 0 spiro atoms. The molecule has 0 amide bonds. The maximum absolute atomic E-state index is 12.8. The van der Waals surface area contributed by atoms with Crippen LogP contribution >= 0.6 is 15.9 Å². The molecule has 0 unspecified atom stereocenters. The van der Waals surface area contributed by atoms with Crippen LogP contribution in [0.3, 0.4) is 0 Å². The van der Waals surface area contributed by atoms with Gasteiger partial charge in [-0.3, -0.25) is 0 Å². The molecule has 0 saturated carbocycles. The minimum absolute atomic E-state index is 0.162. The van der Waals surface area contributed by atoms with Crippen molar-refractivity contribution >= 4 is 26.8 Å². The molecule has 142 valence electrons. The number of halogens is 4. The van der Waals surface area contributed by atoms with Gasteiger partial charge in [-0.15, -0.1) is 0 Å². The predicted molar refractivity (Wildman–Crippen MR) is 102 cm³/mol. The molecular formula is C20H13BrF3N3O. The van der Waals surface area contributed by atoms with Crippen LogP contribution < -0.4 is 0 Å². The smallest absolute Gasteiger partial charge is 0.358 e. The average molecular weight is 448 g/mol. The first-order valence-electron chi connectivity index (χ1n) is 8.75. The Bertz CT molecular complexity index is 1210. The molecule has 2 aromatic heterocycles. The summed E-state index contributed by atoms with van der Waals surface area (Å²) >= 11 is 3.17. The molecule has 1 aliphatic carbocycles. The molecule has 8 heteroatoms. The highest BCUT2D eigenvalue weighted by Crippen LogP contribution is 2.36. The third kappa shape index (κ3) is 2.83. The van der Waals surface area contributed by atoms with Crippen molar-refractivity contribution < 1.29 is 17.7 Å². The van der Waals surface area contributed by atoms with E-state index in [0.29, 0.717) is 11.4 Å². The number of benzene rings is 2. The third-order valence-corrected chi connectivity index (χ3v) is 5.72. The topological polar surface area (TPSA) is 54.7 Å². The van der Waals surface area contributed by atoms with E-state index in [0.717, 1.165) is 47.9 Å². The third-order valence-electron chi connectivity index (χ3n) is 5.06. The minimum atomic E-state index is -4.41. The average Bonchev–Trinajstić information content (AvgIpc) is 3.36. The predicted octanol–water partition coefficient (Wildman–Crippen LogP) is 6.15. The Hall–Kier alpha value is -2.61. The quantitative estimate of drug-likeness (QED) is 0.400. The monoisotopic (exact) mass is 447 g/mol. The molecule has 28 heavy (non-hydrogen) atoms. The number of aromatic amines is 1. The minimum Gasteiger partial charge on any atom is -0.358 e. The zero-order valence-electron chi connectivity index (χ0n) is 14.4. The van der Waals surface area contributed by atoms with Gasteiger partial charge in [-0.05, 0) is 77.2 Å². The second-order valence-corrected chi connectivity index (χ2v) is 7.67. The molecule has 2 heterocycles. The van der Waals surface area contributed by atoms with Crippen molar-refractivity contribution in [2.24, 2.45) is 0 Å². The summed E-state index contributed by atoms with van der Waals surface area (Å²) in [6.45, 7) is 0. The van der Waals surface area contributed by atoms with Crippen LogP contribution in [0.4, 0.5) is 13.2 Å². The maximum Gasteiger partial charge on any atom is 0.416 e. The molecule has 0 atom stereocenters. The Labute approximate surface area is 165 Å². The Balaban J connectivity index is 1.52. The lowest BCUT2D eigenvalue weighted by Gasteiger charge is -2.08. The number of nitrogens with zero attached hydrogens (tertiary/aromatic N) is 2. The van der Waals surface area contributed by atoms with Gasteiger partial charge in [-0.25, -0.2) is 0 Å². The van der Waals surface area contributed by atoms with E-state index in [4.69, 9.17) is 4.52 Å². The molecule has 5 rings (SSSR count). The van der Waals surface area contributed by atoms with E-state index in [1.807, 2.05) is 18.2 Å². The van der Waals surface area contributed by atoms with Gasteiger partial charge < -0.3 is 9.51 Å². The van der Waals surface area contributed by atoms with Crippen LogP contribution in [0.1, 0.15) is 23.2 Å². The first kappa shape index (κ1) is 17.5. The standard InChI is InChI=1S/C20H13BrF3N3O/c21-15-9-11(20(22,23)24)5-6-13(15)19-26-18(27-28-19)10-4-7-17-14(8-10)12-2-1-3-16(12)25-17/h4-9,25H,1-3H2. The normalized spacial score (nSPS) is 14.0. The molecule has 1 aliphatic rings. The first-order chi connectivity index (χ1) is 13.4. The van der Waals surface area contributed by atoms with Gasteiger partial charge in [-0.1, -0.05) is 5.16 Å². The van der Waals surface area contributed by atoms with Crippen molar-refractivity contribution in [3.05, 3.63) is 57.7 Å². The summed E-state index contributed by atoms with van der Waals surface area (Å²) in [6, 6.07) is 9.27. The molecular weight excluding hydrogens is 435 g/mol. The van der Waals surface area contributed by atoms with E-state index in [1.165, 1.54) is 17.3 Å². The molecule has 0 fully saturated rings. The molecule has 4 nitrogen and oxygen atoms in total. The van der Waals surface area contributed by atoms with Crippen LogP contribution in [0.15, 0.2) is 45.4 Å². The number of nitrogens with one attached hydrogen (secondary N) is 1. The number of aromatic nitrogens is 3. The molecule has 4 aromatic rings. The Morgan fingerprint density at radius 2 is 1.93 bits per heavy atom. The highest BCUT2D eigenvalue weighted by atomic mass is 79.9. The molecule has 0 saturated heterocycles. The van der Waals surface area contributed by atoms with Crippen LogP contribution in [-0.2, 0) is 19.0 Å². The molecule has 1 N–H and O–H groups in total. The van der Waals surface area contributed by atoms with Crippen molar-refractivity contribution in [1.82, 2.24) is 15.1 Å². The number of hydrogen-bond acceptors (Lipinski definition) is 3. The van der Waals surface area contributed by atoms with Crippen LogP contribution in [0.5, 0.6) is 0 Å². The largest absolute Gasteiger partial charge is 0.416 e. The van der Waals surface area contributed by atoms with Gasteiger partial charge in [0.1, 0.15) is 0 Å². The molecule has 2 aromatic carbocycles. The molecule has 0 bridgehead atoms. The van der Waals surface area contributed by atoms with Crippen LogP contribution in [0, 0.1) is 0 Å². The summed E-state index contributed by atoms with van der Waals surface area (Å²) in [7, 11) is 0. The maximum atomic E-state index is 12.8. The van der Waals surface area contributed by atoms with E-state index < -0.39 is 11.7 Å². The van der Waals surface area contributed by atoms with E-state index in [1.54, 1.807) is 0 Å². The van der Waals surface area contributed by atoms with Crippen molar-refractivity contribution in [2.75, 3.05) is 0 Å². The van der Waals surface area contributed by atoms with E-state index in [9.17, 15) is 13.2 Å². The van der Waals surface area contributed by atoms with E-state index in [2.05, 4.69) is 31.1 Å². The number of alkyl halides is 3. The van der Waals surface area contributed by atoms with E-state index >= 15 is 0 Å². The van der Waals surface area contributed by atoms with Gasteiger partial charge >= 0.3 is 6.18 Å². The van der Waals surface area contributed by atoms with Crippen LogP contribution in [-0.4, -0.2) is 15.1 Å². The summed E-state index contributed by atoms with van der Waals surface area (Å²) in [5, 5.41) is 5.18. The van der Waals surface area contributed by atoms with Crippen molar-refractivity contribution in [1.29, 1.82) is 0 Å². The molecule has 0 aliphatic heterocycles. The summed E-state index contributed by atoms with van der Waals surface area (Å²) in [5.74, 6) is 0.562. The van der Waals surface area contributed by atoms with Gasteiger partial charge in [0.05, 0.1) is 11.1 Å². The van der Waals surface area contributed by atoms with Gasteiger partial charge in [0.2, 0.25) is 5.82 Å². The summed E-state index contributed by atoms with van der Waals surface area (Å²) in [5.41, 5.74) is 4.19. The zero-order chi connectivity index (χ0) is 19.5. The Morgan fingerprint density at radius 3 is 2.71 bits per heavy atom. The number of fused-ring (bicyclic) bond motifs is 3. The van der Waals surface area contributed by atoms with Gasteiger partial charge in [0.25, 0.3) is 5.89 Å². The van der Waals surface area contributed by atoms with Gasteiger partial charge in [0.15, 0.2) is 0 Å². The zero-order valence-corrected chi connectivity index (χ0v) is 16.0. The van der Waals surface area contributed by atoms with Crippen LogP contribution in [0.2, 0.25) is 0 Å². The highest BCUT2D eigenvalue weighted by molar-refractivity contribution is 9.10. The lowest BCUT2D eigenvalue weighted by atomic mass is 10.1. The Kier molecular flexibility index (Phi) is 3.87. The first-order valence-corrected chi connectivity index (χ1v) is 9.54. The lowest BCUT2D eigenvalue weighted by Crippen LogP contribution is -2.04. The summed E-state index contributed by atoms with van der Waals surface area (Å²) in [6.07, 6.45) is -1.15. The lowest BCUT2D eigenvalue weighted by molar-refractivity contribution is -0.137. The second-order valence-electron chi connectivity index (χ2n) is 6.81. The fourth-order valence-electron chi connectivity index (χ4n) is 3.70. The number of aryl methyl sites for hydroxylation is 2. The van der Waals surface area contributed by atoms with E-state index in [-0.39, 0.29) is 10.4 Å².